The van der Waals surface area contributed by atoms with E-state index in [2.05, 4.69) is 26.6 Å². The Kier molecular flexibility index (Phi) is 21.2. The summed E-state index contributed by atoms with van der Waals surface area (Å²) in [6.45, 7) is 2.95. The van der Waals surface area contributed by atoms with E-state index >= 15 is 0 Å². The fourth-order valence-corrected chi connectivity index (χ4v) is 8.85. The van der Waals surface area contributed by atoms with Crippen LogP contribution in [0.2, 0.25) is 0 Å². The number of nitrogens with two attached hydrogens (primary N) is 2. The van der Waals surface area contributed by atoms with E-state index in [0.29, 0.717) is 77.4 Å². The molecule has 0 saturated carbocycles. The van der Waals surface area contributed by atoms with Crippen molar-refractivity contribution >= 4 is 90.4 Å². The summed E-state index contributed by atoms with van der Waals surface area (Å²) in [6, 6.07) is -0.831. The van der Waals surface area contributed by atoms with Crippen LogP contribution in [0.5, 0.6) is 0 Å². The number of amides is 8. The van der Waals surface area contributed by atoms with Crippen molar-refractivity contribution in [3.8, 4) is 0 Å². The molecule has 2 fully saturated rings. The Morgan fingerprint density at radius 2 is 1.04 bits per heavy atom. The molecule has 0 aromatic carbocycles. The van der Waals surface area contributed by atoms with Gasteiger partial charge in [-0.15, -0.1) is 0 Å². The lowest BCUT2D eigenvalue weighted by Gasteiger charge is -2.23. The van der Waals surface area contributed by atoms with Gasteiger partial charge in [-0.25, -0.2) is 0 Å². The Labute approximate surface area is 314 Å². The molecule has 2 heterocycles. The van der Waals surface area contributed by atoms with Crippen molar-refractivity contribution in [2.24, 2.45) is 23.3 Å². The van der Waals surface area contributed by atoms with Crippen molar-refractivity contribution in [2.75, 3.05) is 39.3 Å². The highest BCUT2D eigenvalue weighted by Crippen LogP contribution is 2.58. The van der Waals surface area contributed by atoms with Gasteiger partial charge in [-0.3, -0.25) is 38.4 Å². The molecule has 3 atom stereocenters. The molecule has 0 aliphatic carbocycles. The molecule has 16 nitrogen and oxygen atoms in total. The zero-order valence-corrected chi connectivity index (χ0v) is 32.5. The summed E-state index contributed by atoms with van der Waals surface area (Å²) in [7, 11) is 6.49. The van der Waals surface area contributed by atoms with Gasteiger partial charge in [0.15, 0.2) is 0 Å². The topological polar surface area (TPSA) is 252 Å². The standard InChI is InChI=1S/C31H52N8O8S4/c1-19(40)34-13-8-5-11-23(38-20(2)41)29(47)37-16-12-26(44)39(17-24(42)35-14-6-3-9-21(27(32)45)30-48-49-30)18-25(43)36-15-7-4-10-22(28(33)46)31-50-51-31/h21-23,30-31H,3-18H2,1-2H3,(H2,32,45)(H2,33,46)(H,34,40)(H,35,42)(H,36,43)(H,37,47)(H,38,41)/t21?,22?,23-/m0/s1. The average Bonchev–Trinajstić information content (AvgIpc) is 3.98. The third-order valence-electron chi connectivity index (χ3n) is 7.98. The minimum absolute atomic E-state index is 0.0867. The van der Waals surface area contributed by atoms with Crippen LogP contribution in [0.25, 0.3) is 0 Å². The highest BCUT2D eigenvalue weighted by atomic mass is 33.2. The van der Waals surface area contributed by atoms with Crippen molar-refractivity contribution in [3.05, 3.63) is 0 Å². The summed E-state index contributed by atoms with van der Waals surface area (Å²) in [5, 5.41) is 13.4. The molecule has 0 bridgehead atoms. The first-order valence-corrected chi connectivity index (χ1v) is 21.7. The molecule has 8 amide bonds. The summed E-state index contributed by atoms with van der Waals surface area (Å²) in [5.41, 5.74) is 11.0. The van der Waals surface area contributed by atoms with E-state index < -0.39 is 35.6 Å². The van der Waals surface area contributed by atoms with E-state index in [4.69, 9.17) is 11.5 Å². The van der Waals surface area contributed by atoms with Crippen molar-refractivity contribution in [3.63, 3.8) is 0 Å². The second kappa shape index (κ2) is 24.4. The molecule has 2 aliphatic rings. The maximum Gasteiger partial charge on any atom is 0.242 e. The largest absolute Gasteiger partial charge is 0.369 e. The lowest BCUT2D eigenvalue weighted by Crippen LogP contribution is -2.48. The SMILES string of the molecule is CC(=O)NCCCC[C@H](NC(C)=O)C(=O)NCCC(=O)N(CC(=O)NCCCCC(C(N)=O)C1SS1)CC(=O)NCCCCC(C(N)=O)C1SS1. The smallest absolute Gasteiger partial charge is 0.242 e. The van der Waals surface area contributed by atoms with Crippen LogP contribution >= 0.6 is 43.2 Å². The summed E-state index contributed by atoms with van der Waals surface area (Å²) in [5.74, 6) is -3.57. The number of hydrogen-bond acceptors (Lipinski definition) is 12. The number of nitrogens with zero attached hydrogens (tertiary/aromatic N) is 1. The number of carbonyl (C=O) groups is 8. The molecular formula is C31H52N8O8S4. The van der Waals surface area contributed by atoms with E-state index in [0.717, 1.165) is 4.90 Å². The average molecular weight is 793 g/mol. The van der Waals surface area contributed by atoms with Gasteiger partial charge in [0.25, 0.3) is 0 Å². The molecule has 0 aromatic heterocycles. The highest BCUT2D eigenvalue weighted by molar-refractivity contribution is 8.93. The van der Waals surface area contributed by atoms with Crippen LogP contribution in [0.4, 0.5) is 0 Å². The maximum atomic E-state index is 13.2. The van der Waals surface area contributed by atoms with Crippen LogP contribution < -0.4 is 38.1 Å². The van der Waals surface area contributed by atoms with E-state index in [-0.39, 0.29) is 64.8 Å². The van der Waals surface area contributed by atoms with Crippen molar-refractivity contribution in [2.45, 2.75) is 93.3 Å². The number of rotatable bonds is 28. The van der Waals surface area contributed by atoms with Crippen molar-refractivity contribution in [1.82, 2.24) is 31.5 Å². The zero-order chi connectivity index (χ0) is 37.8. The van der Waals surface area contributed by atoms with Gasteiger partial charge in [-0.05, 0) is 44.9 Å². The summed E-state index contributed by atoms with van der Waals surface area (Å²) < 4.78 is 0.385. The van der Waals surface area contributed by atoms with Crippen LogP contribution in [0.3, 0.4) is 0 Å². The van der Waals surface area contributed by atoms with E-state index in [1.165, 1.54) is 13.8 Å². The summed E-state index contributed by atoms with van der Waals surface area (Å²) >= 11 is 0. The lowest BCUT2D eigenvalue weighted by molar-refractivity contribution is -0.139. The Hall–Kier alpha value is -2.84. The molecule has 0 spiro atoms. The number of unbranched alkanes of at least 4 members (excludes halogenated alkanes) is 3. The van der Waals surface area contributed by atoms with Crippen molar-refractivity contribution < 1.29 is 38.4 Å². The molecule has 20 heteroatoms. The number of nitrogens with one attached hydrogen (secondary N) is 5. The Morgan fingerprint density at radius 1 is 0.588 bits per heavy atom. The normalized spacial score (nSPS) is 15.4. The molecular weight excluding hydrogens is 741 g/mol. The summed E-state index contributed by atoms with van der Waals surface area (Å²) in [4.78, 5) is 98.9. The van der Waals surface area contributed by atoms with Gasteiger partial charge >= 0.3 is 0 Å². The minimum atomic E-state index is -0.831. The van der Waals surface area contributed by atoms with Gasteiger partial charge in [0.1, 0.15) is 19.1 Å². The Bertz CT molecular complexity index is 1170. The first-order valence-electron chi connectivity index (χ1n) is 17.1. The predicted octanol–water partition coefficient (Wildman–Crippen LogP) is 0.351. The number of carbonyl (C=O) groups excluding carboxylic acids is 8. The minimum Gasteiger partial charge on any atom is -0.369 e. The second-order valence-corrected chi connectivity index (χ2v) is 18.1. The van der Waals surface area contributed by atoms with Crippen molar-refractivity contribution in [1.29, 1.82) is 0 Å². The van der Waals surface area contributed by atoms with Crippen LogP contribution in [0.15, 0.2) is 0 Å². The van der Waals surface area contributed by atoms with Crippen LogP contribution in [-0.2, 0) is 38.4 Å². The fraction of sp³-hybridized carbons (Fsp3) is 0.742. The van der Waals surface area contributed by atoms with Gasteiger partial charge < -0.3 is 43.0 Å². The first kappa shape index (κ1) is 44.3. The summed E-state index contributed by atoms with van der Waals surface area (Å²) in [6.07, 6.45) is 5.12. The molecule has 288 valence electrons. The van der Waals surface area contributed by atoms with Crippen LogP contribution in [-0.4, -0.2) is 107 Å². The molecule has 9 N–H and O–H groups in total. The Morgan fingerprint density at radius 3 is 1.45 bits per heavy atom. The van der Waals surface area contributed by atoms with E-state index in [1.54, 1.807) is 43.2 Å². The number of primary amides is 2. The zero-order valence-electron chi connectivity index (χ0n) is 29.2. The van der Waals surface area contributed by atoms with Gasteiger partial charge in [0, 0.05) is 46.4 Å². The van der Waals surface area contributed by atoms with E-state index in [9.17, 15) is 38.4 Å². The fourth-order valence-electron chi connectivity index (χ4n) is 5.11. The first-order chi connectivity index (χ1) is 24.3. The third kappa shape index (κ3) is 20.1. The van der Waals surface area contributed by atoms with Gasteiger partial charge in [0.05, 0.1) is 21.0 Å². The van der Waals surface area contributed by atoms with E-state index in [1.807, 2.05) is 0 Å². The number of hydrogen-bond donors (Lipinski definition) is 7. The van der Waals surface area contributed by atoms with Crippen LogP contribution in [0, 0.1) is 11.8 Å². The quantitative estimate of drug-likeness (QED) is 0.0322. The lowest BCUT2D eigenvalue weighted by atomic mass is 10.0. The van der Waals surface area contributed by atoms with Gasteiger partial charge in [-0.1, -0.05) is 56.0 Å². The Balaban J connectivity index is 1.86. The maximum absolute atomic E-state index is 13.2. The molecule has 2 aliphatic heterocycles. The molecule has 0 aromatic rings. The van der Waals surface area contributed by atoms with Gasteiger partial charge in [-0.2, -0.15) is 0 Å². The second-order valence-electron chi connectivity index (χ2n) is 12.4. The molecule has 0 radical (unpaired) electrons. The molecule has 2 unspecified atom stereocenters. The predicted molar refractivity (Wildman–Crippen MR) is 201 cm³/mol. The highest BCUT2D eigenvalue weighted by Gasteiger charge is 2.38. The monoisotopic (exact) mass is 792 g/mol. The molecule has 2 saturated heterocycles. The van der Waals surface area contributed by atoms with Crippen LogP contribution in [0.1, 0.15) is 78.1 Å². The van der Waals surface area contributed by atoms with Gasteiger partial charge in [0.2, 0.25) is 47.3 Å². The molecule has 51 heavy (non-hydrogen) atoms. The third-order valence-corrected chi connectivity index (χ3v) is 12.6. The molecule has 2 rings (SSSR count).